The quantitative estimate of drug-likeness (QED) is 0.836. The van der Waals surface area contributed by atoms with Crippen LogP contribution in [0, 0.1) is 11.8 Å². The van der Waals surface area contributed by atoms with E-state index in [1.807, 2.05) is 0 Å². The lowest BCUT2D eigenvalue weighted by molar-refractivity contribution is -0.149. The number of benzene rings is 1. The summed E-state index contributed by atoms with van der Waals surface area (Å²) in [7, 11) is 0. The second-order valence-corrected chi connectivity index (χ2v) is 5.44. The van der Waals surface area contributed by atoms with Gasteiger partial charge in [-0.1, -0.05) is 29.3 Å². The Kier molecular flexibility index (Phi) is 4.14. The molecule has 3 atom stereocenters. The monoisotopic (exact) mass is 308 g/mol. The number of hydrogen-bond acceptors (Lipinski definition) is 3. The minimum absolute atomic E-state index is 0.352. The molecule has 3 unspecified atom stereocenters. The van der Waals surface area contributed by atoms with Crippen LogP contribution in [0.25, 0.3) is 0 Å². The van der Waals surface area contributed by atoms with Crippen molar-refractivity contribution in [3.8, 4) is 0 Å². The number of carbonyl (C=O) groups is 3. The average molecular weight is 309 g/mol. The Balaban J connectivity index is 2.60. The van der Waals surface area contributed by atoms with Gasteiger partial charge in [0, 0.05) is 10.9 Å². The van der Waals surface area contributed by atoms with Crippen LogP contribution in [0.3, 0.4) is 0 Å². The number of hydrogen-bond donors (Lipinski definition) is 2. The summed E-state index contributed by atoms with van der Waals surface area (Å²) >= 11 is 5.79. The summed E-state index contributed by atoms with van der Waals surface area (Å²) in [6, 6.07) is 6.22. The van der Waals surface area contributed by atoms with Crippen molar-refractivity contribution in [1.82, 2.24) is 0 Å². The molecule has 2 N–H and O–H groups in total. The van der Waals surface area contributed by atoms with Crippen molar-refractivity contribution in [3.63, 3.8) is 0 Å². The Hall–Kier alpha value is -2.14. The van der Waals surface area contributed by atoms with Gasteiger partial charge in [0.05, 0.1) is 5.92 Å². The van der Waals surface area contributed by atoms with Crippen LogP contribution in [0.15, 0.2) is 35.9 Å². The van der Waals surface area contributed by atoms with Crippen LogP contribution in [0.5, 0.6) is 0 Å². The standard InChI is InChI=1S/C15H13ClO5/c1-7-6-10(17)13(15(20)21)12(11(7)14(18)19)8-2-4-9(16)5-3-8/h2-6,11-13H,1H3,(H,18,19)(H,20,21). The van der Waals surface area contributed by atoms with Crippen LogP contribution in [0.4, 0.5) is 0 Å². The van der Waals surface area contributed by atoms with Gasteiger partial charge in [-0.25, -0.2) is 0 Å². The molecule has 0 heterocycles. The number of ketones is 1. The number of halogens is 1. The molecule has 0 aromatic heterocycles. The number of rotatable bonds is 3. The van der Waals surface area contributed by atoms with Crippen molar-refractivity contribution >= 4 is 29.3 Å². The fourth-order valence-electron chi connectivity index (χ4n) is 2.75. The highest BCUT2D eigenvalue weighted by Gasteiger charge is 2.46. The van der Waals surface area contributed by atoms with Crippen LogP contribution in [0.2, 0.25) is 5.02 Å². The number of carboxylic acid groups (broad SMARTS) is 2. The maximum absolute atomic E-state index is 12.0. The minimum Gasteiger partial charge on any atom is -0.481 e. The molecule has 2 rings (SSSR count). The summed E-state index contributed by atoms with van der Waals surface area (Å²) < 4.78 is 0. The van der Waals surface area contributed by atoms with Crippen molar-refractivity contribution < 1.29 is 24.6 Å². The van der Waals surface area contributed by atoms with Crippen LogP contribution in [-0.4, -0.2) is 27.9 Å². The highest BCUT2D eigenvalue weighted by molar-refractivity contribution is 6.30. The van der Waals surface area contributed by atoms with E-state index in [1.165, 1.54) is 6.92 Å². The summed E-state index contributed by atoms with van der Waals surface area (Å²) in [4.78, 5) is 34.9. The van der Waals surface area contributed by atoms with E-state index in [1.54, 1.807) is 24.3 Å². The Labute approximate surface area is 125 Å². The third-order valence-corrected chi connectivity index (χ3v) is 3.92. The SMILES string of the molecule is CC1=CC(=O)C(C(=O)O)C(c2ccc(Cl)cc2)C1C(=O)O. The normalized spacial score (nSPS) is 25.3. The Morgan fingerprint density at radius 2 is 1.57 bits per heavy atom. The van der Waals surface area contributed by atoms with Gasteiger partial charge in [-0.15, -0.1) is 0 Å². The summed E-state index contributed by atoms with van der Waals surface area (Å²) in [6.45, 7) is 1.53. The number of carbonyl (C=O) groups excluding carboxylic acids is 1. The van der Waals surface area contributed by atoms with E-state index < -0.39 is 35.5 Å². The molecule has 1 aliphatic rings. The molecule has 0 amide bonds. The van der Waals surface area contributed by atoms with Crippen molar-refractivity contribution in [1.29, 1.82) is 0 Å². The van der Waals surface area contributed by atoms with Gasteiger partial charge in [-0.2, -0.15) is 0 Å². The molecule has 6 heteroatoms. The largest absolute Gasteiger partial charge is 0.481 e. The molecule has 21 heavy (non-hydrogen) atoms. The lowest BCUT2D eigenvalue weighted by Crippen LogP contribution is -2.40. The molecule has 110 valence electrons. The fraction of sp³-hybridized carbons (Fsp3) is 0.267. The molecular weight excluding hydrogens is 296 g/mol. The maximum Gasteiger partial charge on any atom is 0.315 e. The zero-order chi connectivity index (χ0) is 15.7. The molecule has 0 spiro atoms. The van der Waals surface area contributed by atoms with E-state index in [2.05, 4.69) is 0 Å². The van der Waals surface area contributed by atoms with Crippen molar-refractivity contribution in [2.24, 2.45) is 11.8 Å². The van der Waals surface area contributed by atoms with E-state index in [9.17, 15) is 24.6 Å². The molecule has 1 aromatic carbocycles. The fourth-order valence-corrected chi connectivity index (χ4v) is 2.88. The van der Waals surface area contributed by atoms with Crippen LogP contribution in [0.1, 0.15) is 18.4 Å². The third-order valence-electron chi connectivity index (χ3n) is 3.67. The van der Waals surface area contributed by atoms with Gasteiger partial charge < -0.3 is 10.2 Å². The molecule has 0 aliphatic heterocycles. The van der Waals surface area contributed by atoms with Gasteiger partial charge in [-0.3, -0.25) is 14.4 Å². The molecule has 1 aromatic rings. The molecular formula is C15H13ClO5. The van der Waals surface area contributed by atoms with Gasteiger partial charge in [0.2, 0.25) is 0 Å². The van der Waals surface area contributed by atoms with E-state index in [0.717, 1.165) is 6.08 Å². The first-order valence-electron chi connectivity index (χ1n) is 6.26. The van der Waals surface area contributed by atoms with Crippen LogP contribution >= 0.6 is 11.6 Å². The predicted octanol–water partition coefficient (Wildman–Crippen LogP) is 2.35. The van der Waals surface area contributed by atoms with E-state index in [-0.39, 0.29) is 0 Å². The van der Waals surface area contributed by atoms with Crippen molar-refractivity contribution in [2.45, 2.75) is 12.8 Å². The lowest BCUT2D eigenvalue weighted by Gasteiger charge is -2.32. The average Bonchev–Trinajstić information content (AvgIpc) is 2.37. The zero-order valence-electron chi connectivity index (χ0n) is 11.1. The molecule has 0 bridgehead atoms. The van der Waals surface area contributed by atoms with Crippen LogP contribution < -0.4 is 0 Å². The topological polar surface area (TPSA) is 91.7 Å². The Morgan fingerprint density at radius 1 is 1.05 bits per heavy atom. The van der Waals surface area contributed by atoms with Gasteiger partial charge in [0.1, 0.15) is 5.92 Å². The lowest BCUT2D eigenvalue weighted by atomic mass is 9.68. The first-order chi connectivity index (χ1) is 9.82. The Bertz CT molecular complexity index is 632. The highest BCUT2D eigenvalue weighted by Crippen LogP contribution is 2.41. The second-order valence-electron chi connectivity index (χ2n) is 5.00. The summed E-state index contributed by atoms with van der Waals surface area (Å²) in [6.07, 6.45) is 1.12. The van der Waals surface area contributed by atoms with Gasteiger partial charge in [0.15, 0.2) is 5.78 Å². The number of aliphatic carboxylic acids is 2. The minimum atomic E-state index is -1.41. The number of carboxylic acids is 2. The summed E-state index contributed by atoms with van der Waals surface area (Å²) in [5.74, 6) is -6.47. The molecule has 5 nitrogen and oxygen atoms in total. The Morgan fingerprint density at radius 3 is 2.05 bits per heavy atom. The number of allylic oxidation sites excluding steroid dienone is 1. The first kappa shape index (κ1) is 15.3. The molecule has 0 radical (unpaired) electrons. The molecule has 1 aliphatic carbocycles. The van der Waals surface area contributed by atoms with E-state index in [4.69, 9.17) is 11.6 Å². The first-order valence-corrected chi connectivity index (χ1v) is 6.64. The van der Waals surface area contributed by atoms with Crippen LogP contribution in [-0.2, 0) is 14.4 Å². The zero-order valence-corrected chi connectivity index (χ0v) is 11.9. The summed E-state index contributed by atoms with van der Waals surface area (Å²) in [5.41, 5.74) is 0.824. The third kappa shape index (κ3) is 2.83. The van der Waals surface area contributed by atoms with Crippen molar-refractivity contribution in [2.75, 3.05) is 0 Å². The van der Waals surface area contributed by atoms with Gasteiger partial charge >= 0.3 is 11.9 Å². The predicted molar refractivity (Wildman–Crippen MR) is 75.2 cm³/mol. The van der Waals surface area contributed by atoms with E-state index in [0.29, 0.717) is 16.2 Å². The molecule has 0 fully saturated rings. The summed E-state index contributed by atoms with van der Waals surface area (Å²) in [5, 5.41) is 19.2. The van der Waals surface area contributed by atoms with Gasteiger partial charge in [0.25, 0.3) is 0 Å². The van der Waals surface area contributed by atoms with Crippen molar-refractivity contribution in [3.05, 3.63) is 46.5 Å². The second kappa shape index (κ2) is 5.69. The molecule has 0 saturated carbocycles. The smallest absolute Gasteiger partial charge is 0.315 e. The van der Waals surface area contributed by atoms with E-state index >= 15 is 0 Å². The molecule has 0 saturated heterocycles. The maximum atomic E-state index is 12.0. The van der Waals surface area contributed by atoms with Gasteiger partial charge in [-0.05, 0) is 30.7 Å². The highest BCUT2D eigenvalue weighted by atomic mass is 35.5.